The average molecular weight is 527 g/mol. The Bertz CT molecular complexity index is 986. The van der Waals surface area contributed by atoms with Gasteiger partial charge in [0.2, 0.25) is 0 Å². The van der Waals surface area contributed by atoms with Gasteiger partial charge < -0.3 is 28.4 Å². The summed E-state index contributed by atoms with van der Waals surface area (Å²) in [6, 6.07) is 13.2. The predicted molar refractivity (Wildman–Crippen MR) is 149 cm³/mol. The minimum Gasteiger partial charge on any atom is -0.497 e. The van der Waals surface area contributed by atoms with E-state index in [1.165, 1.54) is 0 Å². The van der Waals surface area contributed by atoms with Crippen molar-refractivity contribution in [3.8, 4) is 11.5 Å². The van der Waals surface area contributed by atoms with Crippen LogP contribution in [0.4, 0.5) is 0 Å². The number of allylic oxidation sites excluding steroid dienone is 2. The third kappa shape index (κ3) is 9.97. The molecule has 0 aliphatic heterocycles. The lowest BCUT2D eigenvalue weighted by atomic mass is 9.94. The fourth-order valence-electron chi connectivity index (χ4n) is 4.16. The molecular weight excluding hydrogens is 484 g/mol. The van der Waals surface area contributed by atoms with Gasteiger partial charge in [-0.3, -0.25) is 0 Å². The van der Waals surface area contributed by atoms with Crippen LogP contribution in [0.5, 0.6) is 11.5 Å². The number of esters is 1. The molecule has 0 bridgehead atoms. The molecule has 7 heteroatoms. The summed E-state index contributed by atoms with van der Waals surface area (Å²) in [4.78, 5) is 13.5. The lowest BCUT2D eigenvalue weighted by Crippen LogP contribution is -2.31. The number of hydrogen-bond donors (Lipinski definition) is 0. The number of rotatable bonds is 19. The van der Waals surface area contributed by atoms with Crippen molar-refractivity contribution in [2.24, 2.45) is 5.92 Å². The van der Waals surface area contributed by atoms with Gasteiger partial charge in [0, 0.05) is 20.0 Å². The second kappa shape index (κ2) is 17.4. The fraction of sp³-hybridized carbons (Fsp3) is 0.452. The first-order valence-electron chi connectivity index (χ1n) is 12.9. The summed E-state index contributed by atoms with van der Waals surface area (Å²) in [6.45, 7) is 10.7. The van der Waals surface area contributed by atoms with E-state index in [4.69, 9.17) is 28.4 Å². The first-order valence-corrected chi connectivity index (χ1v) is 12.9. The number of ether oxygens (including phenoxy) is 6. The maximum absolute atomic E-state index is 13.5. The smallest absolute Gasteiger partial charge is 0.342 e. The topological polar surface area (TPSA) is 72.5 Å². The van der Waals surface area contributed by atoms with Crippen LogP contribution in [-0.4, -0.2) is 52.9 Å². The summed E-state index contributed by atoms with van der Waals surface area (Å²) < 4.78 is 33.9. The molecule has 0 heterocycles. The van der Waals surface area contributed by atoms with Crippen LogP contribution >= 0.6 is 0 Å². The standard InChI is InChI=1S/C31H42O7/c1-7-10-23(3)29(37-22-33-4)20-27(18-19-36-21-24-14-16-26(34-5)17-15-24)38-31(32)30-25(11-8-2)12-9-13-28(30)35-6/h7-9,12-17,23,27,29H,1-2,10-11,18-22H2,3-6H3/t23-,27?,29-/m0/s1. The third-order valence-electron chi connectivity index (χ3n) is 6.25. The van der Waals surface area contributed by atoms with Gasteiger partial charge in [-0.15, -0.1) is 13.2 Å². The molecule has 0 aliphatic carbocycles. The summed E-state index contributed by atoms with van der Waals surface area (Å²) in [5.41, 5.74) is 2.24. The second-order valence-corrected chi connectivity index (χ2v) is 9.05. The first-order chi connectivity index (χ1) is 18.5. The van der Waals surface area contributed by atoms with Crippen LogP contribution in [0.2, 0.25) is 0 Å². The lowest BCUT2D eigenvalue weighted by molar-refractivity contribution is -0.104. The summed E-state index contributed by atoms with van der Waals surface area (Å²) in [7, 11) is 4.76. The monoisotopic (exact) mass is 526 g/mol. The SMILES string of the molecule is C=CCc1cccc(OC)c1C(=O)OC(CCOCc1ccc(OC)cc1)C[C@H](OCOC)[C@@H](C)CC=C. The van der Waals surface area contributed by atoms with Crippen LogP contribution in [0.15, 0.2) is 67.8 Å². The lowest BCUT2D eigenvalue weighted by Gasteiger charge is -2.28. The van der Waals surface area contributed by atoms with E-state index in [1.807, 2.05) is 42.5 Å². The molecule has 2 rings (SSSR count). The molecule has 0 radical (unpaired) electrons. The quantitative estimate of drug-likeness (QED) is 0.0940. The Morgan fingerprint density at radius 2 is 1.76 bits per heavy atom. The summed E-state index contributed by atoms with van der Waals surface area (Å²) in [5.74, 6) is 0.979. The highest BCUT2D eigenvalue weighted by Gasteiger charge is 2.27. The molecule has 2 aromatic carbocycles. The Morgan fingerprint density at radius 1 is 1.00 bits per heavy atom. The molecule has 0 N–H and O–H groups in total. The molecule has 38 heavy (non-hydrogen) atoms. The van der Waals surface area contributed by atoms with Crippen molar-refractivity contribution in [3.63, 3.8) is 0 Å². The normalized spacial score (nSPS) is 13.3. The molecular formula is C31H42O7. The van der Waals surface area contributed by atoms with Crippen molar-refractivity contribution in [2.75, 3.05) is 34.7 Å². The van der Waals surface area contributed by atoms with Crippen molar-refractivity contribution in [3.05, 3.63) is 84.5 Å². The van der Waals surface area contributed by atoms with Gasteiger partial charge in [-0.2, -0.15) is 0 Å². The summed E-state index contributed by atoms with van der Waals surface area (Å²) >= 11 is 0. The van der Waals surface area contributed by atoms with E-state index in [2.05, 4.69) is 20.1 Å². The van der Waals surface area contributed by atoms with Crippen molar-refractivity contribution in [1.82, 2.24) is 0 Å². The number of benzene rings is 2. The highest BCUT2D eigenvalue weighted by atomic mass is 16.7. The minimum absolute atomic E-state index is 0.150. The third-order valence-corrected chi connectivity index (χ3v) is 6.25. The highest BCUT2D eigenvalue weighted by molar-refractivity contribution is 5.94. The van der Waals surface area contributed by atoms with Crippen LogP contribution in [0.3, 0.4) is 0 Å². The van der Waals surface area contributed by atoms with Gasteiger partial charge in [-0.25, -0.2) is 4.79 Å². The molecule has 0 fully saturated rings. The van der Waals surface area contributed by atoms with E-state index in [0.717, 1.165) is 23.3 Å². The van der Waals surface area contributed by atoms with Crippen LogP contribution in [0, 0.1) is 5.92 Å². The molecule has 7 nitrogen and oxygen atoms in total. The largest absolute Gasteiger partial charge is 0.497 e. The molecule has 3 atom stereocenters. The van der Waals surface area contributed by atoms with Crippen LogP contribution in [-0.2, 0) is 32.0 Å². The Hall–Kier alpha value is -3.13. The molecule has 0 amide bonds. The van der Waals surface area contributed by atoms with E-state index in [0.29, 0.717) is 43.8 Å². The number of carbonyl (C=O) groups excluding carboxylic acids is 1. The van der Waals surface area contributed by atoms with Gasteiger partial charge in [0.15, 0.2) is 0 Å². The van der Waals surface area contributed by atoms with E-state index >= 15 is 0 Å². The first kappa shape index (κ1) is 31.1. The molecule has 0 aliphatic rings. The molecule has 0 saturated heterocycles. The second-order valence-electron chi connectivity index (χ2n) is 9.05. The van der Waals surface area contributed by atoms with Crippen molar-refractivity contribution < 1.29 is 33.2 Å². The Balaban J connectivity index is 2.18. The van der Waals surface area contributed by atoms with Crippen LogP contribution in [0.1, 0.15) is 47.7 Å². The zero-order chi connectivity index (χ0) is 27.8. The molecule has 1 unspecified atom stereocenters. The Kier molecular flexibility index (Phi) is 14.2. The van der Waals surface area contributed by atoms with Crippen LogP contribution in [0.25, 0.3) is 0 Å². The maximum atomic E-state index is 13.5. The number of methoxy groups -OCH3 is 3. The molecule has 0 aromatic heterocycles. The molecule has 0 saturated carbocycles. The van der Waals surface area contributed by atoms with E-state index < -0.39 is 12.1 Å². The summed E-state index contributed by atoms with van der Waals surface area (Å²) in [5, 5.41) is 0. The number of carbonyl (C=O) groups is 1. The Labute approximate surface area is 227 Å². The van der Waals surface area contributed by atoms with Crippen LogP contribution < -0.4 is 9.47 Å². The number of hydrogen-bond acceptors (Lipinski definition) is 7. The highest BCUT2D eigenvalue weighted by Crippen LogP contribution is 2.27. The zero-order valence-electron chi connectivity index (χ0n) is 23.1. The van der Waals surface area contributed by atoms with Gasteiger partial charge in [0.1, 0.15) is 30.0 Å². The summed E-state index contributed by atoms with van der Waals surface area (Å²) in [6.07, 6.45) is 5.24. The molecule has 2 aromatic rings. The van der Waals surface area contributed by atoms with Gasteiger partial charge >= 0.3 is 5.97 Å². The molecule has 0 spiro atoms. The fourth-order valence-corrected chi connectivity index (χ4v) is 4.16. The van der Waals surface area contributed by atoms with Gasteiger partial charge in [-0.05, 0) is 48.1 Å². The Morgan fingerprint density at radius 3 is 2.39 bits per heavy atom. The van der Waals surface area contributed by atoms with Crippen molar-refractivity contribution in [2.45, 2.75) is 51.4 Å². The van der Waals surface area contributed by atoms with Gasteiger partial charge in [-0.1, -0.05) is 43.3 Å². The maximum Gasteiger partial charge on any atom is 0.342 e. The van der Waals surface area contributed by atoms with E-state index in [9.17, 15) is 4.79 Å². The zero-order valence-corrected chi connectivity index (χ0v) is 23.1. The predicted octanol–water partition coefficient (Wildman–Crippen LogP) is 6.16. The molecule has 208 valence electrons. The van der Waals surface area contributed by atoms with Gasteiger partial charge in [0.25, 0.3) is 0 Å². The van der Waals surface area contributed by atoms with Gasteiger partial charge in [0.05, 0.1) is 33.5 Å². The van der Waals surface area contributed by atoms with E-state index in [1.54, 1.807) is 33.5 Å². The van der Waals surface area contributed by atoms with E-state index in [-0.39, 0.29) is 18.8 Å². The van der Waals surface area contributed by atoms with Crippen molar-refractivity contribution in [1.29, 1.82) is 0 Å². The average Bonchev–Trinajstić information content (AvgIpc) is 2.93. The van der Waals surface area contributed by atoms with Crippen molar-refractivity contribution >= 4 is 5.97 Å². The minimum atomic E-state index is -0.450.